The van der Waals surface area contributed by atoms with Gasteiger partial charge in [0.1, 0.15) is 11.5 Å². The van der Waals surface area contributed by atoms with Crippen LogP contribution in [-0.2, 0) is 0 Å². The molecule has 0 aromatic heterocycles. The highest BCUT2D eigenvalue weighted by Crippen LogP contribution is 2.35. The van der Waals surface area contributed by atoms with Gasteiger partial charge in [-0.05, 0) is 183 Å². The van der Waals surface area contributed by atoms with Gasteiger partial charge in [-0.2, -0.15) is 0 Å². The second kappa shape index (κ2) is 19.7. The Morgan fingerprint density at radius 1 is 0.257 bits per heavy atom. The lowest BCUT2D eigenvalue weighted by molar-refractivity contribution is 0.414. The van der Waals surface area contributed by atoms with Crippen LogP contribution in [0.15, 0.2) is 231 Å². The molecule has 0 saturated carbocycles. The summed E-state index contributed by atoms with van der Waals surface area (Å²) in [5, 5.41) is 9.70. The van der Waals surface area contributed by atoms with Crippen molar-refractivity contribution in [2.24, 2.45) is 0 Å². The number of fused-ring (bicyclic) bond motifs is 4. The molecule has 11 aromatic rings. The standard InChI is InChI=1S/C68H50O2/c1-69-65-35-31-51(32-36-65)67(61-29-25-47-13-3-7-17-53(47)39-61)45-57-21-9-5-15-49(57)23-27-59-43-63-41-55-19-11-12-20-56(55)42-64(63)44-60(59)28-24-50-16-6-10-22-58(50)46-68(52-33-37-66(70-2)38-34-52)62-30-26-48-14-4-8-18-54(48)40-62/h3-46H,1-2H3/b27-23-,28-24-,67-45+,68-46+. The zero-order valence-corrected chi connectivity index (χ0v) is 39.2. The molecule has 334 valence electrons. The van der Waals surface area contributed by atoms with Gasteiger partial charge in [-0.1, -0.05) is 194 Å². The molecule has 0 amide bonds. The fourth-order valence-electron chi connectivity index (χ4n) is 9.50. The molecule has 11 aromatic carbocycles. The molecule has 0 saturated heterocycles. The molecule has 2 nitrogen and oxygen atoms in total. The maximum Gasteiger partial charge on any atom is 0.118 e. The molecule has 0 aliphatic rings. The van der Waals surface area contributed by atoms with Crippen LogP contribution in [0.25, 0.3) is 90.7 Å². The minimum Gasteiger partial charge on any atom is -0.497 e. The van der Waals surface area contributed by atoms with Crippen LogP contribution in [0.5, 0.6) is 11.5 Å². The van der Waals surface area contributed by atoms with E-state index >= 15 is 0 Å². The van der Waals surface area contributed by atoms with Crippen molar-refractivity contribution in [3.05, 3.63) is 286 Å². The third-order valence-corrected chi connectivity index (χ3v) is 13.3. The van der Waals surface area contributed by atoms with Gasteiger partial charge in [-0.15, -0.1) is 0 Å². The van der Waals surface area contributed by atoms with Gasteiger partial charge in [-0.3, -0.25) is 0 Å². The monoisotopic (exact) mass is 898 g/mol. The van der Waals surface area contributed by atoms with Crippen molar-refractivity contribution < 1.29 is 9.47 Å². The number of hydrogen-bond acceptors (Lipinski definition) is 2. The second-order valence-corrected chi connectivity index (χ2v) is 17.6. The van der Waals surface area contributed by atoms with E-state index in [1.807, 2.05) is 24.3 Å². The van der Waals surface area contributed by atoms with Gasteiger partial charge in [0.2, 0.25) is 0 Å². The Bertz CT molecular complexity index is 3580. The lowest BCUT2D eigenvalue weighted by Gasteiger charge is -2.13. The van der Waals surface area contributed by atoms with Gasteiger partial charge < -0.3 is 9.47 Å². The van der Waals surface area contributed by atoms with E-state index in [2.05, 4.69) is 243 Å². The zero-order chi connectivity index (χ0) is 47.2. The molecule has 0 radical (unpaired) electrons. The van der Waals surface area contributed by atoms with Gasteiger partial charge in [0.05, 0.1) is 14.2 Å². The summed E-state index contributed by atoms with van der Waals surface area (Å²) in [5.41, 5.74) is 13.6. The molecule has 0 atom stereocenters. The van der Waals surface area contributed by atoms with Crippen LogP contribution in [0.1, 0.15) is 55.6 Å². The fourth-order valence-corrected chi connectivity index (χ4v) is 9.50. The molecule has 0 N–H and O–H groups in total. The fraction of sp³-hybridized carbons (Fsp3) is 0.0294. The second-order valence-electron chi connectivity index (χ2n) is 17.6. The predicted molar refractivity (Wildman–Crippen MR) is 300 cm³/mol. The third kappa shape index (κ3) is 9.32. The molecular formula is C68H50O2. The molecule has 0 aliphatic heterocycles. The van der Waals surface area contributed by atoms with Crippen molar-refractivity contribution in [3.8, 4) is 11.5 Å². The number of ether oxygens (including phenoxy) is 2. The van der Waals surface area contributed by atoms with Crippen LogP contribution >= 0.6 is 0 Å². The predicted octanol–water partition coefficient (Wildman–Crippen LogP) is 17.8. The summed E-state index contributed by atoms with van der Waals surface area (Å²) in [5.74, 6) is 1.66. The van der Waals surface area contributed by atoms with Crippen LogP contribution in [0.4, 0.5) is 0 Å². The highest BCUT2D eigenvalue weighted by atomic mass is 16.5. The maximum atomic E-state index is 5.56. The van der Waals surface area contributed by atoms with Crippen LogP contribution in [0, 0.1) is 0 Å². The van der Waals surface area contributed by atoms with E-state index in [0.29, 0.717) is 0 Å². The number of rotatable bonds is 12. The van der Waals surface area contributed by atoms with Gasteiger partial charge in [0.25, 0.3) is 0 Å². The third-order valence-electron chi connectivity index (χ3n) is 13.3. The van der Waals surface area contributed by atoms with Gasteiger partial charge >= 0.3 is 0 Å². The van der Waals surface area contributed by atoms with Crippen molar-refractivity contribution >= 4 is 90.7 Å². The maximum absolute atomic E-state index is 5.56. The number of methoxy groups -OCH3 is 2. The van der Waals surface area contributed by atoms with Crippen molar-refractivity contribution in [2.45, 2.75) is 0 Å². The number of hydrogen-bond donors (Lipinski definition) is 0. The van der Waals surface area contributed by atoms with Gasteiger partial charge in [-0.25, -0.2) is 0 Å². The van der Waals surface area contributed by atoms with E-state index in [9.17, 15) is 0 Å². The average Bonchev–Trinajstić information content (AvgIpc) is 3.42. The highest BCUT2D eigenvalue weighted by molar-refractivity contribution is 6.02. The van der Waals surface area contributed by atoms with E-state index in [4.69, 9.17) is 9.47 Å². The van der Waals surface area contributed by atoms with Crippen molar-refractivity contribution in [3.63, 3.8) is 0 Å². The lowest BCUT2D eigenvalue weighted by atomic mass is 9.92. The molecule has 11 rings (SSSR count). The first-order valence-corrected chi connectivity index (χ1v) is 23.8. The van der Waals surface area contributed by atoms with Crippen LogP contribution < -0.4 is 9.47 Å². The van der Waals surface area contributed by atoms with E-state index in [1.165, 1.54) is 43.1 Å². The first-order valence-electron chi connectivity index (χ1n) is 23.8. The van der Waals surface area contributed by atoms with Crippen LogP contribution in [0.3, 0.4) is 0 Å². The summed E-state index contributed by atoms with van der Waals surface area (Å²) < 4.78 is 11.1. The van der Waals surface area contributed by atoms with Gasteiger partial charge in [0.15, 0.2) is 0 Å². The van der Waals surface area contributed by atoms with Crippen molar-refractivity contribution in [1.29, 1.82) is 0 Å². The summed E-state index contributed by atoms with van der Waals surface area (Å²) in [6.45, 7) is 0. The first-order chi connectivity index (χ1) is 34.5. The molecule has 0 bridgehead atoms. The summed E-state index contributed by atoms with van der Waals surface area (Å²) >= 11 is 0. The summed E-state index contributed by atoms with van der Waals surface area (Å²) in [4.78, 5) is 0. The SMILES string of the molecule is COc1ccc(/C(=C\c2ccccc2/C=C\c2cc3cc4ccccc4cc3cc2/C=C\c2ccccc2/C=C(\c2ccc(OC)cc2)c2ccc3ccccc3c2)c2ccc3ccccc3c2)cc1. The molecule has 0 fully saturated rings. The Kier molecular flexibility index (Phi) is 12.3. The Morgan fingerprint density at radius 2 is 0.571 bits per heavy atom. The molecular weight excluding hydrogens is 849 g/mol. The van der Waals surface area contributed by atoms with Gasteiger partial charge in [0, 0.05) is 0 Å². The minimum absolute atomic E-state index is 0.831. The molecule has 0 aliphatic carbocycles. The largest absolute Gasteiger partial charge is 0.497 e. The quantitative estimate of drug-likeness (QED) is 0.0898. The highest BCUT2D eigenvalue weighted by Gasteiger charge is 2.12. The molecule has 70 heavy (non-hydrogen) atoms. The Labute approximate surface area is 410 Å². The minimum atomic E-state index is 0.831. The summed E-state index contributed by atoms with van der Waals surface area (Å²) in [7, 11) is 3.42. The summed E-state index contributed by atoms with van der Waals surface area (Å²) in [6, 6.07) is 82.5. The molecule has 2 heteroatoms. The van der Waals surface area contributed by atoms with E-state index < -0.39 is 0 Å². The van der Waals surface area contributed by atoms with E-state index in [1.54, 1.807) is 14.2 Å². The number of benzene rings is 11. The molecule has 0 unspecified atom stereocenters. The Hall–Kier alpha value is -8.98. The van der Waals surface area contributed by atoms with Crippen molar-refractivity contribution in [2.75, 3.05) is 14.2 Å². The van der Waals surface area contributed by atoms with Crippen molar-refractivity contribution in [1.82, 2.24) is 0 Å². The smallest absolute Gasteiger partial charge is 0.118 e. The Morgan fingerprint density at radius 3 is 0.957 bits per heavy atom. The normalized spacial score (nSPS) is 12.2. The average molecular weight is 899 g/mol. The zero-order valence-electron chi connectivity index (χ0n) is 39.2. The molecule has 0 spiro atoms. The molecule has 0 heterocycles. The van der Waals surface area contributed by atoms with E-state index in [0.717, 1.165) is 78.3 Å². The van der Waals surface area contributed by atoms with Crippen LogP contribution in [-0.4, -0.2) is 14.2 Å². The first kappa shape index (κ1) is 43.6. The summed E-state index contributed by atoms with van der Waals surface area (Å²) in [6.07, 6.45) is 13.7. The Balaban J connectivity index is 1.01. The van der Waals surface area contributed by atoms with Crippen LogP contribution in [0.2, 0.25) is 0 Å². The topological polar surface area (TPSA) is 18.5 Å². The lowest BCUT2D eigenvalue weighted by Crippen LogP contribution is -1.91. The van der Waals surface area contributed by atoms with E-state index in [-0.39, 0.29) is 0 Å².